The fourth-order valence-electron chi connectivity index (χ4n) is 2.02. The summed E-state index contributed by atoms with van der Waals surface area (Å²) in [6.45, 7) is 6.46. The molecule has 0 N–H and O–H groups in total. The number of nitriles is 1. The van der Waals surface area contributed by atoms with Gasteiger partial charge in [-0.05, 0) is 26.7 Å². The zero-order chi connectivity index (χ0) is 8.43. The average Bonchev–Trinajstić information content (AvgIpc) is 2.00. The van der Waals surface area contributed by atoms with Crippen LogP contribution in [0.25, 0.3) is 0 Å². The third kappa shape index (κ3) is 1.39. The molecule has 0 aromatic carbocycles. The lowest BCUT2D eigenvalue weighted by Crippen LogP contribution is -2.57. The molecule has 0 radical (unpaired) electrons. The van der Waals surface area contributed by atoms with Crippen molar-refractivity contribution >= 4 is 0 Å². The molecule has 0 bridgehead atoms. The summed E-state index contributed by atoms with van der Waals surface area (Å²) in [6, 6.07) is 3.73. The minimum atomic E-state index is 0.147. The van der Waals surface area contributed by atoms with E-state index in [2.05, 4.69) is 31.7 Å². The summed E-state index contributed by atoms with van der Waals surface area (Å²) in [7, 11) is 0. The van der Waals surface area contributed by atoms with Crippen molar-refractivity contribution in [2.45, 2.75) is 51.7 Å². The normalized spacial score (nSPS) is 34.0. The van der Waals surface area contributed by atoms with Crippen LogP contribution in [-0.4, -0.2) is 23.0 Å². The van der Waals surface area contributed by atoms with E-state index in [4.69, 9.17) is 5.26 Å². The summed E-state index contributed by atoms with van der Waals surface area (Å²) in [5, 5.41) is 8.81. The van der Waals surface area contributed by atoms with Crippen molar-refractivity contribution < 1.29 is 0 Å². The lowest BCUT2D eigenvalue weighted by Gasteiger charge is -2.47. The van der Waals surface area contributed by atoms with Gasteiger partial charge >= 0.3 is 0 Å². The monoisotopic (exact) mass is 152 g/mol. The first kappa shape index (κ1) is 8.55. The Bertz CT molecular complexity index is 163. The molecular weight excluding hydrogens is 136 g/mol. The molecule has 1 fully saturated rings. The first-order chi connectivity index (χ1) is 5.20. The molecule has 62 valence electrons. The maximum Gasteiger partial charge on any atom is 0.0979 e. The van der Waals surface area contributed by atoms with Crippen molar-refractivity contribution in [1.29, 1.82) is 5.26 Å². The number of hydrogen-bond donors (Lipinski definition) is 0. The van der Waals surface area contributed by atoms with Gasteiger partial charge < -0.3 is 0 Å². The summed E-state index contributed by atoms with van der Waals surface area (Å²) in [4.78, 5) is 2.31. The Labute approximate surface area is 68.8 Å². The van der Waals surface area contributed by atoms with E-state index in [-0.39, 0.29) is 6.04 Å². The smallest absolute Gasteiger partial charge is 0.0979 e. The van der Waals surface area contributed by atoms with Crippen molar-refractivity contribution in [3.05, 3.63) is 0 Å². The molecule has 3 unspecified atom stereocenters. The van der Waals surface area contributed by atoms with Gasteiger partial charge in [0.25, 0.3) is 0 Å². The lowest BCUT2D eigenvalue weighted by atomic mass is 9.92. The van der Waals surface area contributed by atoms with Crippen LogP contribution in [0.3, 0.4) is 0 Å². The fourth-order valence-corrected chi connectivity index (χ4v) is 2.02. The first-order valence-electron chi connectivity index (χ1n) is 4.37. The maximum absolute atomic E-state index is 8.81. The molecule has 0 aromatic rings. The molecule has 0 aromatic heterocycles. The molecule has 1 heterocycles. The van der Waals surface area contributed by atoms with Crippen LogP contribution in [-0.2, 0) is 0 Å². The summed E-state index contributed by atoms with van der Waals surface area (Å²) < 4.78 is 0. The van der Waals surface area contributed by atoms with Crippen molar-refractivity contribution in [3.63, 3.8) is 0 Å². The van der Waals surface area contributed by atoms with E-state index in [1.165, 1.54) is 6.42 Å². The molecule has 0 amide bonds. The topological polar surface area (TPSA) is 27.0 Å². The Morgan fingerprint density at radius 3 is 2.27 bits per heavy atom. The summed E-state index contributed by atoms with van der Waals surface area (Å²) in [5.41, 5.74) is 0. The molecule has 1 rings (SSSR count). The van der Waals surface area contributed by atoms with Crippen LogP contribution in [0, 0.1) is 11.3 Å². The zero-order valence-corrected chi connectivity index (χ0v) is 7.54. The SMILES string of the molecule is CCC(C#N)N1C(C)CC1C. The number of hydrogen-bond acceptors (Lipinski definition) is 2. The Morgan fingerprint density at radius 1 is 1.55 bits per heavy atom. The van der Waals surface area contributed by atoms with E-state index in [1.54, 1.807) is 0 Å². The highest BCUT2D eigenvalue weighted by molar-refractivity contribution is 5.00. The zero-order valence-electron chi connectivity index (χ0n) is 7.54. The van der Waals surface area contributed by atoms with Crippen LogP contribution in [0.2, 0.25) is 0 Å². The molecule has 0 saturated carbocycles. The molecule has 2 heteroatoms. The van der Waals surface area contributed by atoms with E-state index < -0.39 is 0 Å². The van der Waals surface area contributed by atoms with E-state index >= 15 is 0 Å². The minimum Gasteiger partial charge on any atom is -0.283 e. The summed E-state index contributed by atoms with van der Waals surface area (Å²) in [5.74, 6) is 0. The van der Waals surface area contributed by atoms with Crippen LogP contribution < -0.4 is 0 Å². The number of nitrogens with zero attached hydrogens (tertiary/aromatic N) is 2. The molecule has 1 saturated heterocycles. The maximum atomic E-state index is 8.81. The van der Waals surface area contributed by atoms with Gasteiger partial charge in [0.2, 0.25) is 0 Å². The van der Waals surface area contributed by atoms with Crippen LogP contribution >= 0.6 is 0 Å². The van der Waals surface area contributed by atoms with Crippen molar-refractivity contribution in [2.24, 2.45) is 0 Å². The van der Waals surface area contributed by atoms with Gasteiger partial charge in [-0.2, -0.15) is 5.26 Å². The Balaban J connectivity index is 2.52. The van der Waals surface area contributed by atoms with Gasteiger partial charge in [-0.15, -0.1) is 0 Å². The highest BCUT2D eigenvalue weighted by Crippen LogP contribution is 2.28. The van der Waals surface area contributed by atoms with E-state index in [9.17, 15) is 0 Å². The molecule has 0 aliphatic carbocycles. The Morgan fingerprint density at radius 2 is 2.09 bits per heavy atom. The van der Waals surface area contributed by atoms with Gasteiger partial charge in [-0.3, -0.25) is 4.90 Å². The third-order valence-electron chi connectivity index (χ3n) is 2.60. The molecule has 1 aliphatic heterocycles. The number of likely N-dealkylation sites (tertiary alicyclic amines) is 1. The second-order valence-corrected chi connectivity index (χ2v) is 3.43. The minimum absolute atomic E-state index is 0.147. The first-order valence-corrected chi connectivity index (χ1v) is 4.37. The van der Waals surface area contributed by atoms with Crippen molar-refractivity contribution in [2.75, 3.05) is 0 Å². The van der Waals surface area contributed by atoms with E-state index in [1.807, 2.05) is 0 Å². The molecule has 1 aliphatic rings. The van der Waals surface area contributed by atoms with Gasteiger partial charge in [0, 0.05) is 12.1 Å². The lowest BCUT2D eigenvalue weighted by molar-refractivity contribution is 0.0129. The average molecular weight is 152 g/mol. The predicted molar refractivity (Wildman–Crippen MR) is 45.1 cm³/mol. The van der Waals surface area contributed by atoms with E-state index in [0.29, 0.717) is 12.1 Å². The Hall–Kier alpha value is -0.550. The molecular formula is C9H16N2. The van der Waals surface area contributed by atoms with Gasteiger partial charge in [-0.1, -0.05) is 6.92 Å². The van der Waals surface area contributed by atoms with Gasteiger partial charge in [0.05, 0.1) is 12.1 Å². The Kier molecular flexibility index (Phi) is 2.51. The van der Waals surface area contributed by atoms with E-state index in [0.717, 1.165) is 6.42 Å². The highest BCUT2D eigenvalue weighted by Gasteiger charge is 2.36. The largest absolute Gasteiger partial charge is 0.283 e. The number of rotatable bonds is 2. The predicted octanol–water partition coefficient (Wildman–Crippen LogP) is 1.77. The van der Waals surface area contributed by atoms with Gasteiger partial charge in [-0.25, -0.2) is 0 Å². The second kappa shape index (κ2) is 3.23. The van der Waals surface area contributed by atoms with Crippen molar-refractivity contribution in [1.82, 2.24) is 4.90 Å². The summed E-state index contributed by atoms with van der Waals surface area (Å²) in [6.07, 6.45) is 2.20. The summed E-state index contributed by atoms with van der Waals surface area (Å²) >= 11 is 0. The van der Waals surface area contributed by atoms with Gasteiger partial charge in [0.1, 0.15) is 0 Å². The third-order valence-corrected chi connectivity index (χ3v) is 2.60. The van der Waals surface area contributed by atoms with Crippen LogP contribution in [0.15, 0.2) is 0 Å². The molecule has 3 atom stereocenters. The molecule has 0 spiro atoms. The molecule has 11 heavy (non-hydrogen) atoms. The van der Waals surface area contributed by atoms with Crippen LogP contribution in [0.5, 0.6) is 0 Å². The molecule has 2 nitrogen and oxygen atoms in total. The standard InChI is InChI=1S/C9H16N2/c1-4-9(6-10)11-7(2)5-8(11)3/h7-9H,4-5H2,1-3H3. The van der Waals surface area contributed by atoms with Crippen LogP contribution in [0.1, 0.15) is 33.6 Å². The second-order valence-electron chi connectivity index (χ2n) is 3.43. The highest BCUT2D eigenvalue weighted by atomic mass is 15.3. The quantitative estimate of drug-likeness (QED) is 0.603. The van der Waals surface area contributed by atoms with Gasteiger partial charge in [0.15, 0.2) is 0 Å². The van der Waals surface area contributed by atoms with Crippen molar-refractivity contribution in [3.8, 4) is 6.07 Å². The van der Waals surface area contributed by atoms with Crippen LogP contribution in [0.4, 0.5) is 0 Å². The fraction of sp³-hybridized carbons (Fsp3) is 0.889.